The van der Waals surface area contributed by atoms with Gasteiger partial charge in [-0.25, -0.2) is 0 Å². The van der Waals surface area contributed by atoms with Crippen LogP contribution in [0.3, 0.4) is 0 Å². The Morgan fingerprint density at radius 1 is 0.962 bits per heavy atom. The maximum absolute atomic E-state index is 14.3. The smallest absolute Gasteiger partial charge is 0.254 e. The van der Waals surface area contributed by atoms with Crippen LogP contribution in [0.2, 0.25) is 5.02 Å². The number of carbonyl (C=O) groups excluding carboxylic acids is 4. The number of aryl methyl sites for hydroxylation is 1. The number of carbonyl (C=O) groups is 4. The summed E-state index contributed by atoms with van der Waals surface area (Å²) in [5, 5.41) is 14.4. The van der Waals surface area contributed by atoms with Gasteiger partial charge < -0.3 is 29.9 Å². The number of ether oxygens (including phenoxy) is 2. The minimum atomic E-state index is -0.749. The summed E-state index contributed by atoms with van der Waals surface area (Å²) in [4.78, 5) is 58.7. The van der Waals surface area contributed by atoms with Crippen molar-refractivity contribution in [2.75, 3.05) is 40.3 Å². The minimum absolute atomic E-state index is 0.0287. The molecule has 4 amide bonds. The van der Waals surface area contributed by atoms with Crippen molar-refractivity contribution in [2.24, 2.45) is 17.8 Å². The first kappa shape index (κ1) is 37.7. The lowest BCUT2D eigenvalue weighted by Crippen LogP contribution is -2.56. The Hall–Kier alpha value is -5.10. The van der Waals surface area contributed by atoms with Gasteiger partial charge in [0.15, 0.2) is 11.5 Å². The molecule has 0 aliphatic carbocycles. The SMILES string of the molecule is CNC(=O)[C@H](CCCc1ccccc1)NC(=O)C1CN(C(=O)Cc2n[nH]c3cc(Cl)ccc23)CC2CN(C(=O)c3ccc(OC(C)C)c(OC)c3)CC21. The van der Waals surface area contributed by atoms with Gasteiger partial charge in [0, 0.05) is 49.2 Å². The van der Waals surface area contributed by atoms with Gasteiger partial charge in [-0.2, -0.15) is 5.10 Å². The van der Waals surface area contributed by atoms with Crippen LogP contribution in [0.1, 0.15) is 48.3 Å². The van der Waals surface area contributed by atoms with Crippen LogP contribution in [0.25, 0.3) is 10.9 Å². The summed E-state index contributed by atoms with van der Waals surface area (Å²) < 4.78 is 11.4. The zero-order valence-electron chi connectivity index (χ0n) is 30.6. The van der Waals surface area contributed by atoms with E-state index in [0.29, 0.717) is 60.3 Å². The molecule has 1 aromatic heterocycles. The van der Waals surface area contributed by atoms with Crippen LogP contribution in [0.15, 0.2) is 66.7 Å². The molecule has 4 atom stereocenters. The van der Waals surface area contributed by atoms with Crippen molar-refractivity contribution >= 4 is 46.1 Å². The van der Waals surface area contributed by atoms with Gasteiger partial charge in [-0.15, -0.1) is 0 Å². The third-order valence-corrected chi connectivity index (χ3v) is 10.5. The average Bonchev–Trinajstić information content (AvgIpc) is 3.77. The molecule has 6 rings (SSSR count). The fraction of sp³-hybridized carbons (Fsp3) is 0.425. The highest BCUT2D eigenvalue weighted by Gasteiger charge is 2.48. The molecule has 12 nitrogen and oxygen atoms in total. The van der Waals surface area contributed by atoms with Crippen molar-refractivity contribution in [3.63, 3.8) is 0 Å². The number of piperidine rings is 1. The normalized spacial score (nSPS) is 18.8. The molecule has 13 heteroatoms. The molecule has 0 saturated carbocycles. The Labute approximate surface area is 314 Å². The van der Waals surface area contributed by atoms with Crippen molar-refractivity contribution in [2.45, 2.75) is 51.7 Å². The van der Waals surface area contributed by atoms with E-state index in [1.54, 1.807) is 47.2 Å². The van der Waals surface area contributed by atoms with Crippen LogP contribution < -0.4 is 20.1 Å². The lowest BCUT2D eigenvalue weighted by molar-refractivity contribution is -0.140. The molecular weight excluding hydrogens is 696 g/mol. The second-order valence-electron chi connectivity index (χ2n) is 14.2. The number of likely N-dealkylation sites (tertiary alicyclic amines) is 2. The molecule has 2 aliphatic heterocycles. The predicted molar refractivity (Wildman–Crippen MR) is 202 cm³/mol. The molecule has 3 aromatic carbocycles. The molecule has 2 saturated heterocycles. The molecular formula is C40H47ClN6O6. The molecule has 0 bridgehead atoms. The van der Waals surface area contributed by atoms with Crippen molar-refractivity contribution in [3.05, 3.63) is 88.6 Å². The van der Waals surface area contributed by atoms with E-state index in [4.69, 9.17) is 21.1 Å². The van der Waals surface area contributed by atoms with Gasteiger partial charge in [0.25, 0.3) is 5.91 Å². The van der Waals surface area contributed by atoms with E-state index in [9.17, 15) is 19.2 Å². The van der Waals surface area contributed by atoms with Crippen LogP contribution in [0.4, 0.5) is 0 Å². The average molecular weight is 743 g/mol. The van der Waals surface area contributed by atoms with Gasteiger partial charge in [0.1, 0.15) is 6.04 Å². The van der Waals surface area contributed by atoms with Crippen LogP contribution in [-0.2, 0) is 27.2 Å². The number of H-pyrrole nitrogens is 1. The number of aromatic amines is 1. The second kappa shape index (κ2) is 16.7. The Morgan fingerprint density at radius 3 is 2.47 bits per heavy atom. The van der Waals surface area contributed by atoms with Crippen LogP contribution in [0, 0.1) is 17.8 Å². The summed E-state index contributed by atoms with van der Waals surface area (Å²) >= 11 is 6.16. The first-order chi connectivity index (χ1) is 25.5. The largest absolute Gasteiger partial charge is 0.493 e. The highest BCUT2D eigenvalue weighted by Crippen LogP contribution is 2.38. The fourth-order valence-electron chi connectivity index (χ4n) is 7.57. The van der Waals surface area contributed by atoms with E-state index >= 15 is 0 Å². The number of methoxy groups -OCH3 is 1. The van der Waals surface area contributed by atoms with Crippen molar-refractivity contribution in [1.29, 1.82) is 0 Å². The zero-order chi connectivity index (χ0) is 37.6. The number of likely N-dealkylation sites (N-methyl/N-ethyl adjacent to an activating group) is 1. The van der Waals surface area contributed by atoms with Gasteiger partial charge in [-0.3, -0.25) is 24.3 Å². The second-order valence-corrected chi connectivity index (χ2v) is 14.6. The monoisotopic (exact) mass is 742 g/mol. The van der Waals surface area contributed by atoms with Crippen LogP contribution >= 0.6 is 11.6 Å². The summed E-state index contributed by atoms with van der Waals surface area (Å²) in [6, 6.07) is 19.7. The quantitative estimate of drug-likeness (QED) is 0.181. The number of fused-ring (bicyclic) bond motifs is 2. The Balaban J connectivity index is 1.22. The molecule has 2 aliphatic rings. The number of nitrogens with zero attached hydrogens (tertiary/aromatic N) is 3. The number of amides is 4. The van der Waals surface area contributed by atoms with E-state index in [-0.39, 0.29) is 54.5 Å². The van der Waals surface area contributed by atoms with E-state index in [0.717, 1.165) is 22.9 Å². The van der Waals surface area contributed by atoms with E-state index in [2.05, 4.69) is 20.8 Å². The molecule has 280 valence electrons. The Bertz CT molecular complexity index is 1950. The van der Waals surface area contributed by atoms with Crippen LogP contribution in [0.5, 0.6) is 11.5 Å². The van der Waals surface area contributed by atoms with Gasteiger partial charge in [-0.05, 0) is 86.9 Å². The van der Waals surface area contributed by atoms with Crippen molar-refractivity contribution < 1.29 is 28.7 Å². The first-order valence-corrected chi connectivity index (χ1v) is 18.5. The third kappa shape index (κ3) is 8.76. The fourth-order valence-corrected chi connectivity index (χ4v) is 7.74. The maximum Gasteiger partial charge on any atom is 0.254 e. The van der Waals surface area contributed by atoms with E-state index < -0.39 is 12.0 Å². The van der Waals surface area contributed by atoms with Crippen LogP contribution in [-0.4, -0.2) is 96.1 Å². The Kier molecular flexibility index (Phi) is 11.9. The molecule has 3 N–H and O–H groups in total. The number of benzene rings is 3. The number of nitrogens with one attached hydrogen (secondary N) is 3. The maximum atomic E-state index is 14.3. The lowest BCUT2D eigenvalue weighted by atomic mass is 9.79. The highest BCUT2D eigenvalue weighted by atomic mass is 35.5. The molecule has 0 spiro atoms. The number of rotatable bonds is 13. The van der Waals surface area contributed by atoms with Crippen molar-refractivity contribution in [3.8, 4) is 11.5 Å². The Morgan fingerprint density at radius 2 is 1.74 bits per heavy atom. The summed E-state index contributed by atoms with van der Waals surface area (Å²) in [7, 11) is 3.09. The lowest BCUT2D eigenvalue weighted by Gasteiger charge is -2.40. The molecule has 53 heavy (non-hydrogen) atoms. The molecule has 4 aromatic rings. The predicted octanol–water partition coefficient (Wildman–Crippen LogP) is 4.66. The minimum Gasteiger partial charge on any atom is -0.493 e. The summed E-state index contributed by atoms with van der Waals surface area (Å²) in [6.07, 6.45) is 1.86. The summed E-state index contributed by atoms with van der Waals surface area (Å²) in [6.45, 7) is 5.07. The van der Waals surface area contributed by atoms with Crippen molar-refractivity contribution in [1.82, 2.24) is 30.6 Å². The number of halogens is 1. The van der Waals surface area contributed by atoms with Gasteiger partial charge >= 0.3 is 0 Å². The molecule has 3 heterocycles. The van der Waals surface area contributed by atoms with Gasteiger partial charge in [-0.1, -0.05) is 41.9 Å². The summed E-state index contributed by atoms with van der Waals surface area (Å²) in [5.74, 6) is -1.00. The summed E-state index contributed by atoms with van der Waals surface area (Å²) in [5.41, 5.74) is 2.91. The van der Waals surface area contributed by atoms with E-state index in [1.807, 2.05) is 50.2 Å². The molecule has 0 radical (unpaired) electrons. The van der Waals surface area contributed by atoms with Gasteiger partial charge in [0.05, 0.1) is 36.8 Å². The third-order valence-electron chi connectivity index (χ3n) is 10.2. The number of hydrogen-bond donors (Lipinski definition) is 3. The number of hydrogen-bond acceptors (Lipinski definition) is 7. The highest BCUT2D eigenvalue weighted by molar-refractivity contribution is 6.31. The number of aromatic nitrogens is 2. The molecule has 3 unspecified atom stereocenters. The topological polar surface area (TPSA) is 146 Å². The van der Waals surface area contributed by atoms with E-state index in [1.165, 1.54) is 7.11 Å². The van der Waals surface area contributed by atoms with Gasteiger partial charge in [0.2, 0.25) is 17.7 Å². The standard InChI is InChI=1S/C40H47ClN6O6/c1-24(2)53-35-16-13-26(17-36(35)52-4)40(51)47-21-27-20-46(37(48)19-34-29-15-14-28(41)18-33(29)44-45-34)23-31(30(27)22-47)38(49)43-32(39(50)42-3)12-8-11-25-9-6-5-7-10-25/h5-7,9-10,13-18,24,27,30-32H,8,11-12,19-23H2,1-4H3,(H,42,50)(H,43,49)(H,44,45)/t27?,30?,31?,32-/m0/s1. The molecule has 2 fully saturated rings. The first-order valence-electron chi connectivity index (χ1n) is 18.1. The zero-order valence-corrected chi connectivity index (χ0v) is 31.3.